The first-order chi connectivity index (χ1) is 16.7. The lowest BCUT2D eigenvalue weighted by atomic mass is 9.90. The van der Waals surface area contributed by atoms with Crippen molar-refractivity contribution in [1.29, 1.82) is 0 Å². The number of thiocarbonyl (C=S) groups is 1. The highest BCUT2D eigenvalue weighted by Crippen LogP contribution is 2.37. The van der Waals surface area contributed by atoms with E-state index < -0.39 is 17.9 Å². The first kappa shape index (κ1) is 24.2. The third kappa shape index (κ3) is 4.67. The summed E-state index contributed by atoms with van der Waals surface area (Å²) in [6.07, 6.45) is 0. The molecule has 9 heteroatoms. The average Bonchev–Trinajstić information content (AvgIpc) is 3.24. The molecule has 0 radical (unpaired) electrons. The molecule has 1 atom stereocenters. The summed E-state index contributed by atoms with van der Waals surface area (Å²) < 4.78 is 10.1. The van der Waals surface area contributed by atoms with E-state index >= 15 is 0 Å². The Morgan fingerprint density at radius 1 is 1.11 bits per heavy atom. The van der Waals surface area contributed by atoms with Gasteiger partial charge in [0.1, 0.15) is 5.76 Å². The molecule has 4 rings (SSSR count). The van der Waals surface area contributed by atoms with Crippen molar-refractivity contribution in [3.8, 4) is 0 Å². The molecule has 0 fully saturated rings. The molecule has 180 valence electrons. The van der Waals surface area contributed by atoms with Crippen molar-refractivity contribution in [2.24, 2.45) is 0 Å². The van der Waals surface area contributed by atoms with Crippen LogP contribution in [0.3, 0.4) is 0 Å². The minimum absolute atomic E-state index is 0.291. The van der Waals surface area contributed by atoms with Gasteiger partial charge in [-0.05, 0) is 68.7 Å². The Kier molecular flexibility index (Phi) is 6.70. The number of carbonyl (C=O) groups is 2. The SMILES string of the molecule is COC(=O)c1ccccc1C1NC(=S)N(c2cc(C)ccc2C)C(C)=C1C(=O)Nc1cc(C)on1. The van der Waals surface area contributed by atoms with Crippen molar-refractivity contribution in [1.82, 2.24) is 10.5 Å². The number of aromatic nitrogens is 1. The molecule has 0 spiro atoms. The number of allylic oxidation sites excluding steroid dienone is 1. The molecule has 2 heterocycles. The number of nitrogens with zero attached hydrogens (tertiary/aromatic N) is 2. The highest BCUT2D eigenvalue weighted by atomic mass is 32.1. The number of ether oxygens (including phenoxy) is 1. The summed E-state index contributed by atoms with van der Waals surface area (Å²) in [7, 11) is 1.32. The number of amides is 1. The highest BCUT2D eigenvalue weighted by Gasteiger charge is 2.37. The molecule has 1 amide bonds. The lowest BCUT2D eigenvalue weighted by Crippen LogP contribution is -2.49. The van der Waals surface area contributed by atoms with E-state index in [2.05, 4.69) is 15.8 Å². The van der Waals surface area contributed by atoms with Gasteiger partial charge in [0, 0.05) is 11.8 Å². The molecule has 1 unspecified atom stereocenters. The summed E-state index contributed by atoms with van der Waals surface area (Å²) in [6.45, 7) is 7.57. The Labute approximate surface area is 208 Å². The topological polar surface area (TPSA) is 96.7 Å². The second kappa shape index (κ2) is 9.71. The molecule has 1 aliphatic rings. The number of carbonyl (C=O) groups excluding carboxylic acids is 2. The third-order valence-corrected chi connectivity index (χ3v) is 6.18. The molecule has 3 aromatic rings. The number of aryl methyl sites for hydroxylation is 3. The van der Waals surface area contributed by atoms with Crippen LogP contribution in [0, 0.1) is 20.8 Å². The molecule has 0 aliphatic carbocycles. The molecule has 2 N–H and O–H groups in total. The second-order valence-electron chi connectivity index (χ2n) is 8.36. The van der Waals surface area contributed by atoms with Crippen LogP contribution in [-0.4, -0.2) is 29.3 Å². The molecule has 0 saturated heterocycles. The Bertz CT molecular complexity index is 1360. The van der Waals surface area contributed by atoms with E-state index in [1.54, 1.807) is 37.3 Å². The van der Waals surface area contributed by atoms with Gasteiger partial charge < -0.3 is 19.9 Å². The maximum atomic E-state index is 13.7. The number of hydrogen-bond acceptors (Lipinski definition) is 6. The van der Waals surface area contributed by atoms with E-state index in [0.29, 0.717) is 39.1 Å². The first-order valence-corrected chi connectivity index (χ1v) is 11.4. The number of hydrogen-bond donors (Lipinski definition) is 2. The van der Waals surface area contributed by atoms with Crippen LogP contribution in [0.15, 0.2) is 64.3 Å². The Morgan fingerprint density at radius 2 is 1.86 bits per heavy atom. The fourth-order valence-corrected chi connectivity index (χ4v) is 4.53. The monoisotopic (exact) mass is 490 g/mol. The zero-order valence-corrected chi connectivity index (χ0v) is 20.9. The van der Waals surface area contributed by atoms with Crippen LogP contribution in [0.25, 0.3) is 0 Å². The van der Waals surface area contributed by atoms with Crippen LogP contribution in [0.1, 0.15) is 45.8 Å². The number of anilines is 2. The van der Waals surface area contributed by atoms with Crippen molar-refractivity contribution >= 4 is 40.7 Å². The number of benzene rings is 2. The van der Waals surface area contributed by atoms with Gasteiger partial charge in [-0.2, -0.15) is 0 Å². The fraction of sp³-hybridized carbons (Fsp3) is 0.231. The molecule has 2 aromatic carbocycles. The van der Waals surface area contributed by atoms with Gasteiger partial charge in [-0.25, -0.2) is 4.79 Å². The lowest BCUT2D eigenvalue weighted by molar-refractivity contribution is -0.113. The van der Waals surface area contributed by atoms with Gasteiger partial charge in [0.15, 0.2) is 10.9 Å². The summed E-state index contributed by atoms with van der Waals surface area (Å²) in [5.41, 5.74) is 4.85. The summed E-state index contributed by atoms with van der Waals surface area (Å²) >= 11 is 5.78. The number of esters is 1. The molecule has 8 nitrogen and oxygen atoms in total. The average molecular weight is 491 g/mol. The van der Waals surface area contributed by atoms with Crippen molar-refractivity contribution in [3.63, 3.8) is 0 Å². The maximum Gasteiger partial charge on any atom is 0.338 e. The van der Waals surface area contributed by atoms with Crippen molar-refractivity contribution in [3.05, 3.63) is 87.8 Å². The minimum Gasteiger partial charge on any atom is -0.465 e. The first-order valence-electron chi connectivity index (χ1n) is 11.0. The normalized spacial score (nSPS) is 15.6. The smallest absolute Gasteiger partial charge is 0.338 e. The summed E-state index contributed by atoms with van der Waals surface area (Å²) in [5.74, 6) is -0.0432. The highest BCUT2D eigenvalue weighted by molar-refractivity contribution is 7.80. The van der Waals surface area contributed by atoms with E-state index in [1.165, 1.54) is 7.11 Å². The molecular weight excluding hydrogens is 464 g/mol. The van der Waals surface area contributed by atoms with Crippen LogP contribution in [0.5, 0.6) is 0 Å². The predicted molar refractivity (Wildman–Crippen MR) is 137 cm³/mol. The molecule has 1 aromatic heterocycles. The summed E-state index contributed by atoms with van der Waals surface area (Å²) in [5, 5.41) is 10.4. The number of rotatable bonds is 5. The van der Waals surface area contributed by atoms with Gasteiger partial charge in [0.25, 0.3) is 5.91 Å². The van der Waals surface area contributed by atoms with E-state index in [-0.39, 0.29) is 0 Å². The molecule has 1 aliphatic heterocycles. The van der Waals surface area contributed by atoms with Crippen LogP contribution in [-0.2, 0) is 9.53 Å². The summed E-state index contributed by atoms with van der Waals surface area (Å²) in [4.78, 5) is 28.1. The van der Waals surface area contributed by atoms with E-state index in [4.69, 9.17) is 21.5 Å². The summed E-state index contributed by atoms with van der Waals surface area (Å²) in [6, 6.07) is 14.0. The minimum atomic E-state index is -0.702. The van der Waals surface area contributed by atoms with Gasteiger partial charge in [-0.15, -0.1) is 0 Å². The Balaban J connectivity index is 1.89. The zero-order chi connectivity index (χ0) is 25.3. The van der Waals surface area contributed by atoms with E-state index in [9.17, 15) is 9.59 Å². The largest absolute Gasteiger partial charge is 0.465 e. The van der Waals surface area contributed by atoms with Crippen LogP contribution < -0.4 is 15.5 Å². The lowest BCUT2D eigenvalue weighted by Gasteiger charge is -2.39. The number of nitrogens with one attached hydrogen (secondary N) is 2. The van der Waals surface area contributed by atoms with Crippen LogP contribution in [0.2, 0.25) is 0 Å². The zero-order valence-electron chi connectivity index (χ0n) is 20.1. The predicted octanol–water partition coefficient (Wildman–Crippen LogP) is 4.73. The van der Waals surface area contributed by atoms with Crippen LogP contribution >= 0.6 is 12.2 Å². The fourth-order valence-electron chi connectivity index (χ4n) is 4.17. The van der Waals surface area contributed by atoms with Gasteiger partial charge in [-0.3, -0.25) is 9.69 Å². The van der Waals surface area contributed by atoms with Crippen LogP contribution in [0.4, 0.5) is 11.5 Å². The standard InChI is InChI=1S/C26H26N4O4S/c1-14-10-11-15(2)20(12-14)30-17(4)22(24(31)27-21-13-16(3)34-29-21)23(28-26(30)35)18-8-6-7-9-19(18)25(32)33-5/h6-13,23H,1-5H3,(H,28,35)(H,27,29,31). The quantitative estimate of drug-likeness (QED) is 0.391. The Hall–Kier alpha value is -3.98. The second-order valence-corrected chi connectivity index (χ2v) is 8.75. The van der Waals surface area contributed by atoms with E-state index in [1.807, 2.05) is 43.9 Å². The van der Waals surface area contributed by atoms with Crippen molar-refractivity contribution < 1.29 is 18.8 Å². The maximum absolute atomic E-state index is 13.7. The van der Waals surface area contributed by atoms with Gasteiger partial charge in [0.05, 0.1) is 30.0 Å². The van der Waals surface area contributed by atoms with Crippen molar-refractivity contribution in [2.75, 3.05) is 17.3 Å². The number of methoxy groups -OCH3 is 1. The van der Waals surface area contributed by atoms with Gasteiger partial charge in [0.2, 0.25) is 0 Å². The molecule has 0 saturated carbocycles. The molecule has 0 bridgehead atoms. The van der Waals surface area contributed by atoms with E-state index in [0.717, 1.165) is 16.8 Å². The van der Waals surface area contributed by atoms with Gasteiger partial charge in [-0.1, -0.05) is 35.5 Å². The van der Waals surface area contributed by atoms with Gasteiger partial charge >= 0.3 is 5.97 Å². The third-order valence-electron chi connectivity index (χ3n) is 5.88. The van der Waals surface area contributed by atoms with Crippen molar-refractivity contribution in [2.45, 2.75) is 33.7 Å². The Morgan fingerprint density at radius 3 is 2.54 bits per heavy atom. The molecule has 35 heavy (non-hydrogen) atoms. The molecular formula is C26H26N4O4S.